The van der Waals surface area contributed by atoms with Crippen LogP contribution in [0.1, 0.15) is 12.8 Å². The molecule has 0 aliphatic heterocycles. The summed E-state index contributed by atoms with van der Waals surface area (Å²) in [7, 11) is 0. The zero-order valence-electron chi connectivity index (χ0n) is 17.0. The molecular weight excluding hydrogens is 395 g/mol. The highest BCUT2D eigenvalue weighted by Gasteiger charge is 2.21. The van der Waals surface area contributed by atoms with Crippen LogP contribution in [0.15, 0.2) is 66.7 Å². The van der Waals surface area contributed by atoms with Gasteiger partial charge in [0.25, 0.3) is 0 Å². The van der Waals surface area contributed by atoms with Crippen LogP contribution >= 0.6 is 0 Å². The Morgan fingerprint density at radius 2 is 1.58 bits per heavy atom. The molecule has 0 saturated heterocycles. The van der Waals surface area contributed by atoms with Crippen molar-refractivity contribution in [2.45, 2.75) is 12.8 Å². The molecule has 1 saturated carbocycles. The van der Waals surface area contributed by atoms with E-state index in [1.54, 1.807) is 12.1 Å². The minimum Gasteiger partial charge on any atom is -0.490 e. The minimum absolute atomic E-state index is 0.281. The summed E-state index contributed by atoms with van der Waals surface area (Å²) in [6.45, 7) is 1.71. The van der Waals surface area contributed by atoms with E-state index in [9.17, 15) is 4.39 Å². The van der Waals surface area contributed by atoms with Gasteiger partial charge in [0.1, 0.15) is 30.5 Å². The molecule has 6 nitrogen and oxygen atoms in total. The Morgan fingerprint density at radius 1 is 0.903 bits per heavy atom. The van der Waals surface area contributed by atoms with Crippen molar-refractivity contribution in [1.29, 1.82) is 0 Å². The van der Waals surface area contributed by atoms with Crippen molar-refractivity contribution in [3.8, 4) is 22.8 Å². The third-order valence-corrected chi connectivity index (χ3v) is 5.19. The van der Waals surface area contributed by atoms with E-state index < -0.39 is 0 Å². The predicted molar refractivity (Wildman–Crippen MR) is 117 cm³/mol. The van der Waals surface area contributed by atoms with Crippen LogP contribution in [0.5, 0.6) is 11.5 Å². The lowest BCUT2D eigenvalue weighted by Gasteiger charge is -2.09. The number of fused-ring (bicyclic) bond motifs is 1. The first kappa shape index (κ1) is 19.4. The number of hydrogen-bond acceptors (Lipinski definition) is 5. The van der Waals surface area contributed by atoms with Crippen LogP contribution in [-0.2, 0) is 0 Å². The van der Waals surface area contributed by atoms with E-state index in [2.05, 4.69) is 15.4 Å². The largest absolute Gasteiger partial charge is 0.490 e. The highest BCUT2D eigenvalue weighted by atomic mass is 19.1. The second-order valence-corrected chi connectivity index (χ2v) is 7.62. The second kappa shape index (κ2) is 8.63. The molecule has 1 N–H and O–H groups in total. The van der Waals surface area contributed by atoms with Gasteiger partial charge in [0, 0.05) is 12.1 Å². The molecule has 5 rings (SSSR count). The van der Waals surface area contributed by atoms with Crippen LogP contribution < -0.4 is 14.8 Å². The number of nitrogens with one attached hydrogen (secondary N) is 1. The molecule has 0 unspecified atom stereocenters. The molecule has 158 valence electrons. The normalized spacial score (nSPS) is 13.3. The summed E-state index contributed by atoms with van der Waals surface area (Å²) in [5, 5.41) is 7.96. The lowest BCUT2D eigenvalue weighted by atomic mass is 10.1. The molecule has 1 fully saturated rings. The van der Waals surface area contributed by atoms with Gasteiger partial charge in [0.05, 0.1) is 5.69 Å². The van der Waals surface area contributed by atoms with Crippen molar-refractivity contribution in [3.63, 3.8) is 0 Å². The Kier molecular flexibility index (Phi) is 5.39. The summed E-state index contributed by atoms with van der Waals surface area (Å²) < 4.78 is 26.1. The van der Waals surface area contributed by atoms with Gasteiger partial charge in [-0.05, 0) is 79.4 Å². The van der Waals surface area contributed by atoms with Crippen molar-refractivity contribution in [1.82, 2.24) is 14.6 Å². The van der Waals surface area contributed by atoms with E-state index in [0.717, 1.165) is 35.1 Å². The van der Waals surface area contributed by atoms with Crippen LogP contribution in [0.25, 0.3) is 16.9 Å². The lowest BCUT2D eigenvalue weighted by molar-refractivity contribution is 0.217. The van der Waals surface area contributed by atoms with Crippen molar-refractivity contribution < 1.29 is 13.9 Å². The Balaban J connectivity index is 1.21. The van der Waals surface area contributed by atoms with E-state index in [1.807, 2.05) is 47.0 Å². The van der Waals surface area contributed by atoms with Gasteiger partial charge in [-0.1, -0.05) is 6.07 Å². The quantitative estimate of drug-likeness (QED) is 0.395. The predicted octanol–water partition coefficient (Wildman–Crippen LogP) is 4.82. The fourth-order valence-corrected chi connectivity index (χ4v) is 3.33. The third kappa shape index (κ3) is 4.77. The highest BCUT2D eigenvalue weighted by Crippen LogP contribution is 2.29. The summed E-state index contributed by atoms with van der Waals surface area (Å²) in [6, 6.07) is 19.8. The molecule has 31 heavy (non-hydrogen) atoms. The van der Waals surface area contributed by atoms with Crippen LogP contribution in [0, 0.1) is 11.7 Å². The molecule has 0 bridgehead atoms. The fraction of sp³-hybridized carbons (Fsp3) is 0.250. The van der Waals surface area contributed by atoms with Crippen LogP contribution in [0.4, 0.5) is 10.3 Å². The van der Waals surface area contributed by atoms with Crippen LogP contribution in [0.2, 0.25) is 0 Å². The van der Waals surface area contributed by atoms with Gasteiger partial charge >= 0.3 is 0 Å². The standard InChI is InChI=1S/C24H23FN4O2/c25-19-8-12-21(13-9-19)31-15-14-30-20-10-6-18(7-11-20)22-2-1-3-23-27-24(28-29(22)23)26-16-17-4-5-17/h1-3,6-13,17H,4-5,14-16H2,(H,26,28). The monoisotopic (exact) mass is 418 g/mol. The van der Waals surface area contributed by atoms with E-state index in [1.165, 1.54) is 25.0 Å². The van der Waals surface area contributed by atoms with E-state index in [4.69, 9.17) is 9.47 Å². The van der Waals surface area contributed by atoms with E-state index in [-0.39, 0.29) is 5.82 Å². The Labute approximate surface area is 179 Å². The Bertz CT molecular complexity index is 1150. The first-order chi connectivity index (χ1) is 15.2. The molecule has 2 heterocycles. The van der Waals surface area contributed by atoms with Crippen LogP contribution in [0.3, 0.4) is 0 Å². The zero-order chi connectivity index (χ0) is 21.0. The molecule has 1 aliphatic rings. The molecule has 1 aliphatic carbocycles. The average molecular weight is 418 g/mol. The number of halogens is 1. The van der Waals surface area contributed by atoms with Crippen LogP contribution in [-0.4, -0.2) is 34.4 Å². The fourth-order valence-electron chi connectivity index (χ4n) is 3.33. The molecule has 2 aromatic carbocycles. The highest BCUT2D eigenvalue weighted by molar-refractivity contribution is 5.64. The maximum absolute atomic E-state index is 12.9. The molecule has 0 radical (unpaired) electrons. The first-order valence-electron chi connectivity index (χ1n) is 10.5. The molecular formula is C24H23FN4O2. The number of ether oxygens (including phenoxy) is 2. The second-order valence-electron chi connectivity index (χ2n) is 7.62. The topological polar surface area (TPSA) is 60.7 Å². The number of anilines is 1. The van der Waals surface area contributed by atoms with Gasteiger partial charge in [-0.3, -0.25) is 0 Å². The zero-order valence-corrected chi connectivity index (χ0v) is 17.0. The number of hydrogen-bond donors (Lipinski definition) is 1. The molecule has 0 amide bonds. The summed E-state index contributed by atoms with van der Waals surface area (Å²) >= 11 is 0. The Morgan fingerprint density at radius 3 is 2.26 bits per heavy atom. The van der Waals surface area contributed by atoms with Crippen molar-refractivity contribution >= 4 is 11.6 Å². The number of nitrogens with zero attached hydrogens (tertiary/aromatic N) is 3. The average Bonchev–Trinajstić information content (AvgIpc) is 3.53. The minimum atomic E-state index is -0.281. The molecule has 0 atom stereocenters. The number of aromatic nitrogens is 3. The van der Waals surface area contributed by atoms with E-state index in [0.29, 0.717) is 24.9 Å². The summed E-state index contributed by atoms with van der Waals surface area (Å²) in [4.78, 5) is 4.58. The summed E-state index contributed by atoms with van der Waals surface area (Å²) in [5.74, 6) is 2.52. The number of pyridine rings is 1. The Hall–Kier alpha value is -3.61. The lowest BCUT2D eigenvalue weighted by Crippen LogP contribution is -2.08. The summed E-state index contributed by atoms with van der Waals surface area (Å²) in [6.07, 6.45) is 2.58. The van der Waals surface area contributed by atoms with E-state index >= 15 is 0 Å². The SMILES string of the molecule is Fc1ccc(OCCOc2ccc(-c3cccc4nc(NCC5CC5)nn34)cc2)cc1. The van der Waals surface area contributed by atoms with Crippen molar-refractivity contribution in [3.05, 3.63) is 72.5 Å². The number of rotatable bonds is 9. The van der Waals surface area contributed by atoms with Gasteiger partial charge in [-0.25, -0.2) is 8.91 Å². The molecule has 7 heteroatoms. The maximum Gasteiger partial charge on any atom is 0.243 e. The van der Waals surface area contributed by atoms with Gasteiger partial charge in [-0.2, -0.15) is 4.98 Å². The first-order valence-corrected chi connectivity index (χ1v) is 10.5. The third-order valence-electron chi connectivity index (χ3n) is 5.19. The number of benzene rings is 2. The van der Waals surface area contributed by atoms with Gasteiger partial charge < -0.3 is 14.8 Å². The maximum atomic E-state index is 12.9. The van der Waals surface area contributed by atoms with Gasteiger partial charge in [0.2, 0.25) is 5.95 Å². The molecule has 2 aromatic heterocycles. The van der Waals surface area contributed by atoms with Crippen molar-refractivity contribution in [2.75, 3.05) is 25.1 Å². The smallest absolute Gasteiger partial charge is 0.243 e. The molecule has 4 aromatic rings. The van der Waals surface area contributed by atoms with Gasteiger partial charge in [0.15, 0.2) is 5.65 Å². The van der Waals surface area contributed by atoms with Gasteiger partial charge in [-0.15, -0.1) is 5.10 Å². The summed E-state index contributed by atoms with van der Waals surface area (Å²) in [5.41, 5.74) is 2.81. The van der Waals surface area contributed by atoms with Crippen molar-refractivity contribution in [2.24, 2.45) is 5.92 Å². The molecule has 0 spiro atoms.